The van der Waals surface area contributed by atoms with Crippen molar-refractivity contribution in [1.82, 2.24) is 5.43 Å². The lowest BCUT2D eigenvalue weighted by atomic mass is 10.2. The summed E-state index contributed by atoms with van der Waals surface area (Å²) in [6, 6.07) is 6.41. The zero-order valence-corrected chi connectivity index (χ0v) is 8.21. The second-order valence-electron chi connectivity index (χ2n) is 3.01. The Hall–Kier alpha value is -1.88. The maximum Gasteiger partial charge on any atom is 0.268 e. The number of hydrogen-bond acceptors (Lipinski definition) is 4. The number of rotatable bonds is 3. The largest absolute Gasteiger partial charge is 0.508 e. The first-order valence-electron chi connectivity index (χ1n) is 4.39. The van der Waals surface area contributed by atoms with Gasteiger partial charge in [-0.1, -0.05) is 12.1 Å². The van der Waals surface area contributed by atoms with Crippen molar-refractivity contribution in [2.24, 2.45) is 5.10 Å². The first kappa shape index (κ1) is 11.2. The molecular formula is C10H12N2O3. The molecule has 5 heteroatoms. The van der Waals surface area contributed by atoms with Crippen molar-refractivity contribution < 1.29 is 15.0 Å². The molecule has 0 aliphatic heterocycles. The molecule has 1 atom stereocenters. The van der Waals surface area contributed by atoms with Crippen LogP contribution >= 0.6 is 0 Å². The minimum absolute atomic E-state index is 0.126. The van der Waals surface area contributed by atoms with Crippen LogP contribution in [0, 0.1) is 0 Å². The number of phenols is 1. The third-order valence-corrected chi connectivity index (χ3v) is 1.64. The minimum atomic E-state index is -1.09. The molecule has 5 nitrogen and oxygen atoms in total. The van der Waals surface area contributed by atoms with Gasteiger partial charge in [0, 0.05) is 0 Å². The van der Waals surface area contributed by atoms with Gasteiger partial charge in [0.2, 0.25) is 0 Å². The maximum absolute atomic E-state index is 10.9. The molecule has 0 aromatic heterocycles. The van der Waals surface area contributed by atoms with E-state index in [2.05, 4.69) is 10.5 Å². The number of hydrazone groups is 1. The Balaban J connectivity index is 2.55. The molecule has 0 radical (unpaired) electrons. The smallest absolute Gasteiger partial charge is 0.268 e. The average molecular weight is 208 g/mol. The Kier molecular flexibility index (Phi) is 3.82. The van der Waals surface area contributed by atoms with Crippen LogP contribution in [0.1, 0.15) is 12.5 Å². The van der Waals surface area contributed by atoms with Crippen LogP contribution in [-0.4, -0.2) is 28.4 Å². The summed E-state index contributed by atoms with van der Waals surface area (Å²) < 4.78 is 0. The number of phenolic OH excluding ortho intramolecular Hbond substituents is 1. The molecule has 1 amide bonds. The highest BCUT2D eigenvalue weighted by atomic mass is 16.3. The molecule has 0 fully saturated rings. The van der Waals surface area contributed by atoms with E-state index in [0.29, 0.717) is 5.56 Å². The highest BCUT2D eigenvalue weighted by molar-refractivity contribution is 5.84. The topological polar surface area (TPSA) is 81.9 Å². The highest BCUT2D eigenvalue weighted by Gasteiger charge is 2.05. The van der Waals surface area contributed by atoms with Gasteiger partial charge in [-0.05, 0) is 24.6 Å². The number of hydrogen-bond donors (Lipinski definition) is 3. The van der Waals surface area contributed by atoms with Gasteiger partial charge in [0.05, 0.1) is 6.21 Å². The lowest BCUT2D eigenvalue weighted by Crippen LogP contribution is -2.28. The van der Waals surface area contributed by atoms with E-state index in [9.17, 15) is 4.79 Å². The predicted molar refractivity (Wildman–Crippen MR) is 55.5 cm³/mol. The van der Waals surface area contributed by atoms with Gasteiger partial charge < -0.3 is 10.2 Å². The molecule has 15 heavy (non-hydrogen) atoms. The van der Waals surface area contributed by atoms with E-state index in [1.165, 1.54) is 25.3 Å². The van der Waals surface area contributed by atoms with Crippen LogP contribution in [-0.2, 0) is 4.79 Å². The monoisotopic (exact) mass is 208 g/mol. The van der Waals surface area contributed by atoms with Gasteiger partial charge >= 0.3 is 0 Å². The molecule has 0 saturated carbocycles. The SMILES string of the molecule is C[C@H](O)C(=O)N/N=C\c1cccc(O)c1. The molecule has 0 unspecified atom stereocenters. The van der Waals surface area contributed by atoms with Crippen molar-refractivity contribution in [3.8, 4) is 5.75 Å². The van der Waals surface area contributed by atoms with E-state index in [-0.39, 0.29) is 5.75 Å². The number of benzene rings is 1. The van der Waals surface area contributed by atoms with Crippen molar-refractivity contribution in [2.75, 3.05) is 0 Å². The zero-order valence-electron chi connectivity index (χ0n) is 8.21. The molecule has 0 aliphatic carbocycles. The summed E-state index contributed by atoms with van der Waals surface area (Å²) in [6.45, 7) is 1.35. The van der Waals surface area contributed by atoms with Crippen LogP contribution in [0.25, 0.3) is 0 Å². The second kappa shape index (κ2) is 5.11. The Morgan fingerprint density at radius 1 is 1.60 bits per heavy atom. The van der Waals surface area contributed by atoms with E-state index in [0.717, 1.165) is 0 Å². The number of nitrogens with one attached hydrogen (secondary N) is 1. The van der Waals surface area contributed by atoms with Crippen molar-refractivity contribution >= 4 is 12.1 Å². The van der Waals surface area contributed by atoms with Crippen LogP contribution in [0.2, 0.25) is 0 Å². The van der Waals surface area contributed by atoms with Crippen molar-refractivity contribution in [3.05, 3.63) is 29.8 Å². The first-order chi connectivity index (χ1) is 7.09. The minimum Gasteiger partial charge on any atom is -0.508 e. The van der Waals surface area contributed by atoms with Gasteiger partial charge in [0.15, 0.2) is 0 Å². The predicted octanol–water partition coefficient (Wildman–Crippen LogP) is 0.223. The molecule has 1 aromatic rings. The molecule has 0 bridgehead atoms. The molecule has 80 valence electrons. The van der Waals surface area contributed by atoms with Gasteiger partial charge in [-0.3, -0.25) is 4.79 Å². The van der Waals surface area contributed by atoms with Crippen molar-refractivity contribution in [3.63, 3.8) is 0 Å². The van der Waals surface area contributed by atoms with Crippen LogP contribution in [0.4, 0.5) is 0 Å². The zero-order chi connectivity index (χ0) is 11.3. The third kappa shape index (κ3) is 3.78. The van der Waals surface area contributed by atoms with Crippen molar-refractivity contribution in [2.45, 2.75) is 13.0 Å². The summed E-state index contributed by atoms with van der Waals surface area (Å²) >= 11 is 0. The summed E-state index contributed by atoms with van der Waals surface area (Å²) in [5, 5.41) is 21.6. The Labute approximate surface area is 87.1 Å². The third-order valence-electron chi connectivity index (χ3n) is 1.64. The second-order valence-corrected chi connectivity index (χ2v) is 3.01. The summed E-state index contributed by atoms with van der Waals surface area (Å²) in [5.41, 5.74) is 2.80. The highest BCUT2D eigenvalue weighted by Crippen LogP contribution is 2.08. The summed E-state index contributed by atoms with van der Waals surface area (Å²) in [4.78, 5) is 10.9. The number of nitrogens with zero attached hydrogens (tertiary/aromatic N) is 1. The molecule has 0 saturated heterocycles. The normalized spacial score (nSPS) is 12.7. The van der Waals surface area contributed by atoms with E-state index in [1.54, 1.807) is 12.1 Å². The summed E-state index contributed by atoms with van der Waals surface area (Å²) in [5.74, 6) is -0.452. The molecular weight excluding hydrogens is 196 g/mol. The maximum atomic E-state index is 10.9. The molecule has 0 spiro atoms. The summed E-state index contributed by atoms with van der Waals surface area (Å²) in [7, 11) is 0. The lowest BCUT2D eigenvalue weighted by molar-refractivity contribution is -0.128. The first-order valence-corrected chi connectivity index (χ1v) is 4.39. The van der Waals surface area contributed by atoms with Crippen LogP contribution in [0.3, 0.4) is 0 Å². The van der Waals surface area contributed by atoms with E-state index in [4.69, 9.17) is 10.2 Å². The standard InChI is InChI=1S/C10H12N2O3/c1-7(13)10(15)12-11-6-8-3-2-4-9(14)5-8/h2-7,13-14H,1H3,(H,12,15)/b11-6-/t7-/m0/s1. The van der Waals surface area contributed by atoms with Gasteiger partial charge in [0.25, 0.3) is 5.91 Å². The fourth-order valence-electron chi connectivity index (χ4n) is 0.869. The van der Waals surface area contributed by atoms with Gasteiger partial charge in [0.1, 0.15) is 11.9 Å². The number of carbonyl (C=O) groups excluding carboxylic acids is 1. The number of carbonyl (C=O) groups is 1. The fourth-order valence-corrected chi connectivity index (χ4v) is 0.869. The number of aliphatic hydroxyl groups excluding tert-OH is 1. The van der Waals surface area contributed by atoms with Crippen LogP contribution in [0.5, 0.6) is 5.75 Å². The number of aliphatic hydroxyl groups is 1. The Morgan fingerprint density at radius 3 is 2.93 bits per heavy atom. The quantitative estimate of drug-likeness (QED) is 0.491. The summed E-state index contributed by atoms with van der Waals surface area (Å²) in [6.07, 6.45) is 0.284. The molecule has 1 rings (SSSR count). The van der Waals surface area contributed by atoms with Gasteiger partial charge in [-0.2, -0.15) is 5.10 Å². The average Bonchev–Trinajstić information content (AvgIpc) is 2.17. The fraction of sp³-hybridized carbons (Fsp3) is 0.200. The molecule has 0 heterocycles. The van der Waals surface area contributed by atoms with Crippen LogP contribution < -0.4 is 5.43 Å². The van der Waals surface area contributed by atoms with E-state index < -0.39 is 12.0 Å². The molecule has 1 aromatic carbocycles. The van der Waals surface area contributed by atoms with E-state index >= 15 is 0 Å². The van der Waals surface area contributed by atoms with Gasteiger partial charge in [-0.25, -0.2) is 5.43 Å². The number of aromatic hydroxyl groups is 1. The number of amides is 1. The molecule has 3 N–H and O–H groups in total. The van der Waals surface area contributed by atoms with Gasteiger partial charge in [-0.15, -0.1) is 0 Å². The Bertz CT molecular complexity index is 375. The van der Waals surface area contributed by atoms with Crippen LogP contribution in [0.15, 0.2) is 29.4 Å². The van der Waals surface area contributed by atoms with E-state index in [1.807, 2.05) is 0 Å². The van der Waals surface area contributed by atoms with Crippen molar-refractivity contribution in [1.29, 1.82) is 0 Å². The lowest BCUT2D eigenvalue weighted by Gasteiger charge is -2.00. The Morgan fingerprint density at radius 2 is 2.33 bits per heavy atom. The molecule has 0 aliphatic rings.